The number of nitrogens with zero attached hydrogens (tertiary/aromatic N) is 4. The Morgan fingerprint density at radius 3 is 2.79 bits per heavy atom. The summed E-state index contributed by atoms with van der Waals surface area (Å²) < 4.78 is 5.30. The van der Waals surface area contributed by atoms with Crippen LogP contribution in [0.1, 0.15) is 33.0 Å². The van der Waals surface area contributed by atoms with Crippen LogP contribution < -0.4 is 4.90 Å². The highest BCUT2D eigenvalue weighted by atomic mass is 35.5. The minimum absolute atomic E-state index is 0.235. The Morgan fingerprint density at radius 2 is 2.21 bits per heavy atom. The van der Waals surface area contributed by atoms with Crippen LogP contribution in [0.2, 0.25) is 5.15 Å². The molecule has 0 aliphatic rings. The number of rotatable bonds is 7. The van der Waals surface area contributed by atoms with Gasteiger partial charge in [0, 0.05) is 25.3 Å². The zero-order valence-corrected chi connectivity index (χ0v) is 12.3. The van der Waals surface area contributed by atoms with Crippen molar-refractivity contribution in [2.24, 2.45) is 0 Å². The molecule has 0 N–H and O–H groups in total. The van der Waals surface area contributed by atoms with Gasteiger partial charge in [0.05, 0.1) is 12.5 Å². The lowest BCUT2D eigenvalue weighted by Crippen LogP contribution is -2.32. The zero-order chi connectivity index (χ0) is 14.3. The third-order valence-corrected chi connectivity index (χ3v) is 2.74. The second-order valence-corrected chi connectivity index (χ2v) is 4.68. The highest BCUT2D eigenvalue weighted by Gasteiger charge is 2.14. The van der Waals surface area contributed by atoms with Gasteiger partial charge in [-0.15, -0.1) is 0 Å². The van der Waals surface area contributed by atoms with Crippen LogP contribution in [0.25, 0.3) is 0 Å². The number of halogens is 1. The molecule has 5 nitrogen and oxygen atoms in total. The fourth-order valence-electron chi connectivity index (χ4n) is 1.66. The summed E-state index contributed by atoms with van der Waals surface area (Å²) in [6.07, 6.45) is 0.445. The number of hydrogen-bond acceptors (Lipinski definition) is 5. The Bertz CT molecular complexity index is 445. The molecule has 0 aliphatic carbocycles. The van der Waals surface area contributed by atoms with Gasteiger partial charge in [-0.1, -0.05) is 11.6 Å². The Hall–Kier alpha value is -1.38. The number of nitriles is 1. The molecular formula is C13H19ClN4O. The van der Waals surface area contributed by atoms with Crippen LogP contribution in [0.15, 0.2) is 6.07 Å². The first-order valence-electron chi connectivity index (χ1n) is 6.33. The van der Waals surface area contributed by atoms with E-state index in [1.165, 1.54) is 0 Å². The van der Waals surface area contributed by atoms with E-state index in [9.17, 15) is 0 Å². The first-order chi connectivity index (χ1) is 9.08. The van der Waals surface area contributed by atoms with Gasteiger partial charge in [0.15, 0.2) is 5.82 Å². The normalized spacial score (nSPS) is 10.5. The largest absolute Gasteiger partial charge is 0.374 e. The molecule has 0 amide bonds. The van der Waals surface area contributed by atoms with Gasteiger partial charge in [-0.3, -0.25) is 0 Å². The predicted molar refractivity (Wildman–Crippen MR) is 75.1 cm³/mol. The van der Waals surface area contributed by atoms with Gasteiger partial charge < -0.3 is 9.64 Å². The van der Waals surface area contributed by atoms with Crippen LogP contribution in [0.3, 0.4) is 0 Å². The molecule has 1 aromatic heterocycles. The van der Waals surface area contributed by atoms with Gasteiger partial charge in [-0.05, 0) is 20.8 Å². The molecule has 0 unspecified atom stereocenters. The molecule has 0 saturated carbocycles. The summed E-state index contributed by atoms with van der Waals surface area (Å²) in [7, 11) is 0. The second-order valence-electron chi connectivity index (χ2n) is 4.30. The third-order valence-electron chi connectivity index (χ3n) is 2.55. The standard InChI is InChI=1S/C13H19ClN4O/c1-4-19-9-12-16-11(14)8-13(17-12)18(10(2)3)7-5-6-15/h8,10H,4-5,7,9H2,1-3H3. The van der Waals surface area contributed by atoms with Crippen molar-refractivity contribution in [3.8, 4) is 6.07 Å². The summed E-state index contributed by atoms with van der Waals surface area (Å²) in [6, 6.07) is 4.10. The lowest BCUT2D eigenvalue weighted by Gasteiger charge is -2.27. The molecule has 0 bridgehead atoms. The fraction of sp³-hybridized carbons (Fsp3) is 0.615. The zero-order valence-electron chi connectivity index (χ0n) is 11.6. The number of aromatic nitrogens is 2. The fourth-order valence-corrected chi connectivity index (χ4v) is 1.86. The maximum atomic E-state index is 8.71. The van der Waals surface area contributed by atoms with Crippen molar-refractivity contribution in [2.75, 3.05) is 18.1 Å². The molecule has 0 spiro atoms. The van der Waals surface area contributed by atoms with Crippen LogP contribution in [0.5, 0.6) is 0 Å². The van der Waals surface area contributed by atoms with Gasteiger partial charge in [0.1, 0.15) is 17.6 Å². The molecule has 0 aromatic carbocycles. The molecule has 6 heteroatoms. The molecule has 1 aromatic rings. The molecule has 1 heterocycles. The van der Waals surface area contributed by atoms with Crippen molar-refractivity contribution in [3.05, 3.63) is 17.0 Å². The molecular weight excluding hydrogens is 264 g/mol. The van der Waals surface area contributed by atoms with Gasteiger partial charge in [0.2, 0.25) is 0 Å². The van der Waals surface area contributed by atoms with E-state index in [0.717, 1.165) is 5.82 Å². The lowest BCUT2D eigenvalue weighted by atomic mass is 10.3. The number of ether oxygens (including phenoxy) is 1. The predicted octanol–water partition coefficient (Wildman–Crippen LogP) is 2.79. The van der Waals surface area contributed by atoms with Crippen LogP contribution in [-0.4, -0.2) is 29.2 Å². The Balaban J connectivity index is 2.95. The van der Waals surface area contributed by atoms with Gasteiger partial charge >= 0.3 is 0 Å². The molecule has 0 fully saturated rings. The van der Waals surface area contributed by atoms with E-state index >= 15 is 0 Å². The van der Waals surface area contributed by atoms with Crippen molar-refractivity contribution in [2.45, 2.75) is 39.8 Å². The van der Waals surface area contributed by atoms with Crippen molar-refractivity contribution < 1.29 is 4.74 Å². The third kappa shape index (κ3) is 5.01. The van der Waals surface area contributed by atoms with Crippen LogP contribution in [0.4, 0.5) is 5.82 Å². The van der Waals surface area contributed by atoms with Crippen molar-refractivity contribution in [1.82, 2.24) is 9.97 Å². The van der Waals surface area contributed by atoms with Gasteiger partial charge in [0.25, 0.3) is 0 Å². The maximum absolute atomic E-state index is 8.71. The van der Waals surface area contributed by atoms with E-state index < -0.39 is 0 Å². The van der Waals surface area contributed by atoms with E-state index in [1.54, 1.807) is 6.07 Å². The molecule has 104 valence electrons. The SMILES string of the molecule is CCOCc1nc(Cl)cc(N(CCC#N)C(C)C)n1. The Kier molecular flexibility index (Phi) is 6.54. The van der Waals surface area contributed by atoms with Crippen molar-refractivity contribution in [1.29, 1.82) is 5.26 Å². The smallest absolute Gasteiger partial charge is 0.158 e. The quantitative estimate of drug-likeness (QED) is 0.720. The average molecular weight is 283 g/mol. The van der Waals surface area contributed by atoms with Crippen LogP contribution in [-0.2, 0) is 11.3 Å². The average Bonchev–Trinajstić information content (AvgIpc) is 2.36. The van der Waals surface area contributed by atoms with Crippen LogP contribution in [0, 0.1) is 11.3 Å². The summed E-state index contributed by atoms with van der Waals surface area (Å²) >= 11 is 6.01. The molecule has 19 heavy (non-hydrogen) atoms. The summed E-state index contributed by atoms with van der Waals surface area (Å²) in [5.41, 5.74) is 0. The highest BCUT2D eigenvalue weighted by Crippen LogP contribution is 2.19. The molecule has 0 radical (unpaired) electrons. The van der Waals surface area contributed by atoms with Crippen LogP contribution >= 0.6 is 11.6 Å². The first kappa shape index (κ1) is 15.7. The molecule has 0 atom stereocenters. The van der Waals surface area contributed by atoms with Crippen molar-refractivity contribution in [3.63, 3.8) is 0 Å². The molecule has 1 rings (SSSR count). The summed E-state index contributed by atoms with van der Waals surface area (Å²) in [5.74, 6) is 1.30. The van der Waals surface area contributed by atoms with Crippen molar-refractivity contribution >= 4 is 17.4 Å². The van der Waals surface area contributed by atoms with E-state index in [2.05, 4.69) is 29.9 Å². The monoisotopic (exact) mass is 282 g/mol. The lowest BCUT2D eigenvalue weighted by molar-refractivity contribution is 0.128. The first-order valence-corrected chi connectivity index (χ1v) is 6.71. The summed E-state index contributed by atoms with van der Waals surface area (Å²) in [4.78, 5) is 10.6. The second kappa shape index (κ2) is 7.93. The topological polar surface area (TPSA) is 62.0 Å². The van der Waals surface area contributed by atoms with E-state index in [0.29, 0.717) is 37.2 Å². The van der Waals surface area contributed by atoms with E-state index in [4.69, 9.17) is 21.6 Å². The summed E-state index contributed by atoms with van der Waals surface area (Å²) in [6.45, 7) is 7.58. The minimum Gasteiger partial charge on any atom is -0.374 e. The van der Waals surface area contributed by atoms with E-state index in [-0.39, 0.29) is 6.04 Å². The Morgan fingerprint density at radius 1 is 1.47 bits per heavy atom. The van der Waals surface area contributed by atoms with Gasteiger partial charge in [-0.25, -0.2) is 9.97 Å². The number of hydrogen-bond donors (Lipinski definition) is 0. The molecule has 0 aliphatic heterocycles. The highest BCUT2D eigenvalue weighted by molar-refractivity contribution is 6.29. The maximum Gasteiger partial charge on any atom is 0.158 e. The van der Waals surface area contributed by atoms with E-state index in [1.807, 2.05) is 11.8 Å². The number of anilines is 1. The Labute approximate surface area is 119 Å². The molecule has 0 saturated heterocycles. The summed E-state index contributed by atoms with van der Waals surface area (Å²) in [5, 5.41) is 9.10. The minimum atomic E-state index is 0.235. The van der Waals surface area contributed by atoms with Gasteiger partial charge in [-0.2, -0.15) is 5.26 Å².